The first-order valence-electron chi connectivity index (χ1n) is 7.55. The third-order valence-electron chi connectivity index (χ3n) is 3.63. The van der Waals surface area contributed by atoms with Crippen LogP contribution < -0.4 is 10.6 Å². The Morgan fingerprint density at radius 1 is 1.41 bits per heavy atom. The van der Waals surface area contributed by atoms with Gasteiger partial charge in [-0.2, -0.15) is 8.78 Å². The lowest BCUT2D eigenvalue weighted by Crippen LogP contribution is -2.44. The molecule has 0 spiro atoms. The molecule has 1 aromatic rings. The van der Waals surface area contributed by atoms with E-state index in [1.807, 2.05) is 6.92 Å². The van der Waals surface area contributed by atoms with Crippen LogP contribution in [0, 0.1) is 0 Å². The molecule has 1 aromatic heterocycles. The van der Waals surface area contributed by atoms with E-state index in [9.17, 15) is 8.78 Å². The third kappa shape index (κ3) is 5.69. The highest BCUT2D eigenvalue weighted by molar-refractivity contribution is 14.0. The molecule has 1 fully saturated rings. The fraction of sp³-hybridized carbons (Fsp3) is 0.714. The number of guanidine groups is 1. The van der Waals surface area contributed by atoms with E-state index in [1.165, 1.54) is 31.7 Å². The van der Waals surface area contributed by atoms with Gasteiger partial charge in [-0.3, -0.25) is 4.57 Å². The van der Waals surface area contributed by atoms with Gasteiger partial charge in [0.25, 0.3) is 0 Å². The Morgan fingerprint density at radius 2 is 2.14 bits per heavy atom. The van der Waals surface area contributed by atoms with E-state index in [-0.39, 0.29) is 36.3 Å². The van der Waals surface area contributed by atoms with Gasteiger partial charge in [0.1, 0.15) is 12.4 Å². The number of hydrogen-bond donors (Lipinski definition) is 2. The summed E-state index contributed by atoms with van der Waals surface area (Å²) in [5, 5.41) is 6.54. The maximum atomic E-state index is 12.7. The van der Waals surface area contributed by atoms with Gasteiger partial charge in [-0.05, 0) is 19.8 Å². The number of aliphatic imine (C=N–C) groups is 1. The van der Waals surface area contributed by atoms with Gasteiger partial charge in [0, 0.05) is 25.0 Å². The molecule has 0 radical (unpaired) electrons. The van der Waals surface area contributed by atoms with Crippen LogP contribution in [0.4, 0.5) is 8.78 Å². The van der Waals surface area contributed by atoms with Crippen LogP contribution in [0.15, 0.2) is 17.4 Å². The highest BCUT2D eigenvalue weighted by Crippen LogP contribution is 2.17. The smallest absolute Gasteiger partial charge is 0.319 e. The first-order chi connectivity index (χ1) is 10.2. The molecule has 0 aliphatic heterocycles. The predicted molar refractivity (Wildman–Crippen MR) is 93.7 cm³/mol. The lowest BCUT2D eigenvalue weighted by atomic mass is 9.96. The number of nitrogens with zero attached hydrogens (tertiary/aromatic N) is 3. The Bertz CT molecular complexity index is 458. The highest BCUT2D eigenvalue weighted by atomic mass is 127. The lowest BCUT2D eigenvalue weighted by Gasteiger charge is -2.24. The van der Waals surface area contributed by atoms with Crippen LogP contribution in [0.3, 0.4) is 0 Å². The molecule has 1 aliphatic rings. The molecule has 0 amide bonds. The van der Waals surface area contributed by atoms with Crippen molar-refractivity contribution in [2.45, 2.75) is 58.2 Å². The number of aromatic nitrogens is 2. The molecule has 22 heavy (non-hydrogen) atoms. The van der Waals surface area contributed by atoms with Crippen LogP contribution in [0.1, 0.15) is 51.4 Å². The lowest BCUT2D eigenvalue weighted by molar-refractivity contribution is 0.0671. The van der Waals surface area contributed by atoms with Gasteiger partial charge in [-0.25, -0.2) is 9.98 Å². The minimum atomic E-state index is -2.58. The second kappa shape index (κ2) is 9.96. The number of imidazole rings is 1. The van der Waals surface area contributed by atoms with Crippen LogP contribution in [0.2, 0.25) is 0 Å². The molecule has 0 atom stereocenters. The summed E-state index contributed by atoms with van der Waals surface area (Å²) in [5.74, 6) is 0.944. The largest absolute Gasteiger partial charge is 0.357 e. The minimum absolute atomic E-state index is 0. The Labute approximate surface area is 147 Å². The molecule has 1 aliphatic carbocycles. The van der Waals surface area contributed by atoms with Crippen molar-refractivity contribution < 1.29 is 8.78 Å². The average Bonchev–Trinajstić information content (AvgIpc) is 2.95. The fourth-order valence-electron chi connectivity index (χ4n) is 2.55. The third-order valence-corrected chi connectivity index (χ3v) is 3.63. The van der Waals surface area contributed by atoms with Crippen molar-refractivity contribution in [3.63, 3.8) is 0 Å². The maximum Gasteiger partial charge on any atom is 0.319 e. The highest BCUT2D eigenvalue weighted by Gasteiger charge is 2.15. The second-order valence-corrected chi connectivity index (χ2v) is 5.20. The van der Waals surface area contributed by atoms with Crippen molar-refractivity contribution in [1.29, 1.82) is 0 Å². The molecule has 0 saturated heterocycles. The normalized spacial score (nSPS) is 16.5. The van der Waals surface area contributed by atoms with E-state index in [2.05, 4.69) is 20.6 Å². The zero-order chi connectivity index (χ0) is 15.1. The van der Waals surface area contributed by atoms with Crippen molar-refractivity contribution in [1.82, 2.24) is 20.2 Å². The average molecular weight is 427 g/mol. The molecule has 8 heteroatoms. The number of halogens is 3. The van der Waals surface area contributed by atoms with E-state index in [4.69, 9.17) is 0 Å². The molecule has 5 nitrogen and oxygen atoms in total. The summed E-state index contributed by atoms with van der Waals surface area (Å²) >= 11 is 0. The van der Waals surface area contributed by atoms with E-state index in [0.29, 0.717) is 12.0 Å². The van der Waals surface area contributed by atoms with E-state index < -0.39 is 6.55 Å². The van der Waals surface area contributed by atoms with Crippen LogP contribution in [0.5, 0.6) is 0 Å². The standard InChI is InChI=1S/C14H23F2N5.HI/c1-2-17-14(20-11-6-4-3-5-7-11)19-10-12-18-8-9-21(12)13(15)16;/h8-9,11,13H,2-7,10H2,1H3,(H2,17,19,20);1H. The van der Waals surface area contributed by atoms with Gasteiger partial charge in [0.05, 0.1) is 0 Å². The summed E-state index contributed by atoms with van der Waals surface area (Å²) in [6.45, 7) is 0.283. The van der Waals surface area contributed by atoms with Gasteiger partial charge in [0.2, 0.25) is 0 Å². The molecule has 2 rings (SSSR count). The van der Waals surface area contributed by atoms with E-state index in [0.717, 1.165) is 24.0 Å². The van der Waals surface area contributed by atoms with Crippen LogP contribution >= 0.6 is 24.0 Å². The Hall–Kier alpha value is -0.930. The summed E-state index contributed by atoms with van der Waals surface area (Å²) < 4.78 is 26.3. The fourth-order valence-corrected chi connectivity index (χ4v) is 2.55. The molecule has 1 heterocycles. The van der Waals surface area contributed by atoms with E-state index in [1.54, 1.807) is 0 Å². The molecule has 1 saturated carbocycles. The van der Waals surface area contributed by atoms with Gasteiger partial charge in [-0.15, -0.1) is 24.0 Å². The summed E-state index contributed by atoms with van der Waals surface area (Å²) in [6, 6.07) is 0.423. The van der Waals surface area contributed by atoms with Crippen molar-refractivity contribution in [2.75, 3.05) is 6.54 Å². The maximum absolute atomic E-state index is 12.7. The number of nitrogens with one attached hydrogen (secondary N) is 2. The summed E-state index contributed by atoms with van der Waals surface area (Å²) in [7, 11) is 0. The number of rotatable bonds is 5. The van der Waals surface area contributed by atoms with Gasteiger partial charge < -0.3 is 10.6 Å². The summed E-state index contributed by atoms with van der Waals surface area (Å²) in [6.07, 6.45) is 8.67. The Morgan fingerprint density at radius 3 is 2.77 bits per heavy atom. The molecule has 2 N–H and O–H groups in total. The summed E-state index contributed by atoms with van der Waals surface area (Å²) in [5.41, 5.74) is 0. The van der Waals surface area contributed by atoms with Crippen molar-refractivity contribution >= 4 is 29.9 Å². The quantitative estimate of drug-likeness (QED) is 0.431. The molecule has 0 aromatic carbocycles. The zero-order valence-electron chi connectivity index (χ0n) is 12.8. The molecular weight excluding hydrogens is 403 g/mol. The van der Waals surface area contributed by atoms with Gasteiger partial charge >= 0.3 is 6.55 Å². The van der Waals surface area contributed by atoms with Crippen LogP contribution in [0.25, 0.3) is 0 Å². The first-order valence-corrected chi connectivity index (χ1v) is 7.55. The number of alkyl halides is 2. The Balaban J connectivity index is 0.00000242. The predicted octanol–water partition coefficient (Wildman–Crippen LogP) is 3.28. The Kier molecular flexibility index (Phi) is 8.66. The van der Waals surface area contributed by atoms with Crippen molar-refractivity contribution in [3.8, 4) is 0 Å². The van der Waals surface area contributed by atoms with Crippen molar-refractivity contribution in [2.24, 2.45) is 4.99 Å². The molecular formula is C14H24F2IN5. The van der Waals surface area contributed by atoms with Crippen LogP contribution in [-0.2, 0) is 6.54 Å². The topological polar surface area (TPSA) is 54.2 Å². The van der Waals surface area contributed by atoms with Gasteiger partial charge in [-0.1, -0.05) is 19.3 Å². The van der Waals surface area contributed by atoms with Crippen molar-refractivity contribution in [3.05, 3.63) is 18.2 Å². The van der Waals surface area contributed by atoms with Crippen LogP contribution in [-0.4, -0.2) is 28.1 Å². The minimum Gasteiger partial charge on any atom is -0.357 e. The summed E-state index contributed by atoms with van der Waals surface area (Å²) in [4.78, 5) is 8.31. The first kappa shape index (κ1) is 19.1. The second-order valence-electron chi connectivity index (χ2n) is 5.20. The van der Waals surface area contributed by atoms with Gasteiger partial charge in [0.15, 0.2) is 5.96 Å². The molecule has 126 valence electrons. The zero-order valence-corrected chi connectivity index (χ0v) is 15.1. The van der Waals surface area contributed by atoms with E-state index >= 15 is 0 Å². The number of hydrogen-bond acceptors (Lipinski definition) is 2. The monoisotopic (exact) mass is 427 g/mol. The SMILES string of the molecule is CCNC(=NCc1nccn1C(F)F)NC1CCCCC1.I. The molecule has 0 bridgehead atoms. The molecule has 0 unspecified atom stereocenters.